The van der Waals surface area contributed by atoms with Crippen LogP contribution in [-0.2, 0) is 4.79 Å². The van der Waals surface area contributed by atoms with E-state index in [9.17, 15) is 4.79 Å². The van der Waals surface area contributed by atoms with Crippen LogP contribution < -0.4 is 0 Å². The maximum atomic E-state index is 10.9. The largest absolute Gasteiger partial charge is 0.290 e. The van der Waals surface area contributed by atoms with Gasteiger partial charge in [0.05, 0.1) is 0 Å². The fourth-order valence-electron chi connectivity index (χ4n) is 1.92. The Hall–Kier alpha value is -1.11. The molecule has 0 fully saturated rings. The van der Waals surface area contributed by atoms with E-state index >= 15 is 0 Å². The third-order valence-corrected chi connectivity index (χ3v) is 2.83. The summed E-state index contributed by atoms with van der Waals surface area (Å²) in [5.41, 5.74) is 1.47. The van der Waals surface area contributed by atoms with E-state index in [1.54, 1.807) is 12.2 Å². The number of hydrogen-bond donors (Lipinski definition) is 0. The van der Waals surface area contributed by atoms with Crippen molar-refractivity contribution in [3.05, 3.63) is 36.0 Å². The zero-order chi connectivity index (χ0) is 8.60. The minimum absolute atomic E-state index is 0.0912. The van der Waals surface area contributed by atoms with E-state index in [-0.39, 0.29) is 11.2 Å². The molecule has 0 N–H and O–H groups in total. The summed E-state index contributed by atoms with van der Waals surface area (Å²) in [4.78, 5) is 10.9. The number of rotatable bonds is 0. The molecule has 12 heavy (non-hydrogen) atoms. The number of ketones is 1. The second-order valence-electron chi connectivity index (χ2n) is 3.54. The van der Waals surface area contributed by atoms with Crippen LogP contribution in [0.15, 0.2) is 36.0 Å². The highest BCUT2D eigenvalue weighted by Crippen LogP contribution is 2.42. The summed E-state index contributed by atoms with van der Waals surface area (Å²) < 4.78 is 0. The predicted octanol–water partition coefficient (Wildman–Crippen LogP) is 2.41. The van der Waals surface area contributed by atoms with Crippen LogP contribution in [0, 0.1) is 5.41 Å². The summed E-state index contributed by atoms with van der Waals surface area (Å²) in [6.45, 7) is 2.14. The second kappa shape index (κ2) is 2.44. The van der Waals surface area contributed by atoms with E-state index in [0.29, 0.717) is 0 Å². The molecule has 0 unspecified atom stereocenters. The second-order valence-corrected chi connectivity index (χ2v) is 3.54. The molecule has 0 atom stereocenters. The lowest BCUT2D eigenvalue weighted by Crippen LogP contribution is -2.16. The molecule has 1 nitrogen and oxygen atoms in total. The summed E-state index contributed by atoms with van der Waals surface area (Å²) in [5, 5.41) is 0. The Morgan fingerprint density at radius 1 is 1.33 bits per heavy atom. The highest BCUT2D eigenvalue weighted by molar-refractivity contribution is 6.00. The van der Waals surface area contributed by atoms with Gasteiger partial charge in [0.2, 0.25) is 0 Å². The van der Waals surface area contributed by atoms with Gasteiger partial charge in [0.1, 0.15) is 0 Å². The predicted molar refractivity (Wildman–Crippen MR) is 48.7 cm³/mol. The summed E-state index contributed by atoms with van der Waals surface area (Å²) in [7, 11) is 0. The first-order valence-electron chi connectivity index (χ1n) is 4.33. The summed E-state index contributed by atoms with van der Waals surface area (Å²) >= 11 is 0. The maximum absolute atomic E-state index is 10.9. The molecule has 0 heterocycles. The van der Waals surface area contributed by atoms with Crippen LogP contribution in [-0.4, -0.2) is 5.78 Å². The third-order valence-electron chi connectivity index (χ3n) is 2.83. The Morgan fingerprint density at radius 3 is 2.50 bits per heavy atom. The number of carbonyl (C=O) groups is 1. The van der Waals surface area contributed by atoms with Crippen molar-refractivity contribution in [2.45, 2.75) is 19.8 Å². The maximum Gasteiger partial charge on any atom is 0.178 e. The van der Waals surface area contributed by atoms with Gasteiger partial charge in [-0.1, -0.05) is 23.8 Å². The molecule has 0 aromatic heterocycles. The van der Waals surface area contributed by atoms with Gasteiger partial charge in [-0.25, -0.2) is 0 Å². The average molecular weight is 160 g/mol. The molecule has 0 aliphatic heterocycles. The first-order chi connectivity index (χ1) is 5.73. The molecule has 0 aromatic carbocycles. The molecular formula is C11H12O. The minimum atomic E-state index is 0.0912. The van der Waals surface area contributed by atoms with Gasteiger partial charge >= 0.3 is 0 Å². The summed E-state index contributed by atoms with van der Waals surface area (Å²) in [6, 6.07) is 0. The molecule has 2 aliphatic carbocycles. The van der Waals surface area contributed by atoms with E-state index in [1.165, 1.54) is 5.57 Å². The standard InChI is InChI=1S/C11H12O/c1-9-3-2-6-11(9)7-4-10(12)5-8-11/h3-5,7-8H,2,6H2,1H3. The zero-order valence-electron chi connectivity index (χ0n) is 7.21. The van der Waals surface area contributed by atoms with Crippen molar-refractivity contribution < 1.29 is 4.79 Å². The van der Waals surface area contributed by atoms with E-state index in [0.717, 1.165) is 12.8 Å². The van der Waals surface area contributed by atoms with Crippen LogP contribution in [0.25, 0.3) is 0 Å². The Labute approximate surface area is 72.5 Å². The molecule has 62 valence electrons. The van der Waals surface area contributed by atoms with Crippen molar-refractivity contribution in [3.63, 3.8) is 0 Å². The monoisotopic (exact) mass is 160 g/mol. The Bertz CT molecular complexity index is 289. The SMILES string of the molecule is CC1=CCCC12C=CC(=O)C=C2. The summed E-state index contributed by atoms with van der Waals surface area (Å²) in [5.74, 6) is 0.111. The summed E-state index contributed by atoms with van der Waals surface area (Å²) in [6.07, 6.45) is 12.0. The average Bonchev–Trinajstić information content (AvgIpc) is 2.41. The normalized spacial score (nSPS) is 25.1. The van der Waals surface area contributed by atoms with Gasteiger partial charge in [0.25, 0.3) is 0 Å². The smallest absolute Gasteiger partial charge is 0.178 e. The highest BCUT2D eigenvalue weighted by Gasteiger charge is 2.31. The Morgan fingerprint density at radius 2 is 2.00 bits per heavy atom. The third kappa shape index (κ3) is 0.970. The van der Waals surface area contributed by atoms with Crippen LogP contribution in [0.5, 0.6) is 0 Å². The van der Waals surface area contributed by atoms with Crippen LogP contribution in [0.4, 0.5) is 0 Å². The van der Waals surface area contributed by atoms with Gasteiger partial charge in [-0.2, -0.15) is 0 Å². The fraction of sp³-hybridized carbons (Fsp3) is 0.364. The van der Waals surface area contributed by atoms with Gasteiger partial charge in [-0.3, -0.25) is 4.79 Å². The molecule has 0 radical (unpaired) electrons. The topological polar surface area (TPSA) is 17.1 Å². The fourth-order valence-corrected chi connectivity index (χ4v) is 1.92. The molecule has 0 saturated heterocycles. The lowest BCUT2D eigenvalue weighted by Gasteiger charge is -2.25. The van der Waals surface area contributed by atoms with Crippen molar-refractivity contribution in [2.75, 3.05) is 0 Å². The quantitative estimate of drug-likeness (QED) is 0.497. The molecule has 0 bridgehead atoms. The molecule has 2 rings (SSSR count). The van der Waals surface area contributed by atoms with Crippen LogP contribution >= 0.6 is 0 Å². The Kier molecular flexibility index (Phi) is 1.53. The molecule has 1 spiro atoms. The van der Waals surface area contributed by atoms with E-state index < -0.39 is 0 Å². The molecular weight excluding hydrogens is 148 g/mol. The van der Waals surface area contributed by atoms with Crippen molar-refractivity contribution in [1.82, 2.24) is 0 Å². The lowest BCUT2D eigenvalue weighted by molar-refractivity contribution is -0.110. The lowest BCUT2D eigenvalue weighted by atomic mass is 9.79. The van der Waals surface area contributed by atoms with Crippen LogP contribution in [0.1, 0.15) is 19.8 Å². The van der Waals surface area contributed by atoms with Crippen LogP contribution in [0.2, 0.25) is 0 Å². The van der Waals surface area contributed by atoms with Crippen molar-refractivity contribution in [1.29, 1.82) is 0 Å². The van der Waals surface area contributed by atoms with Gasteiger partial charge in [0, 0.05) is 5.41 Å². The van der Waals surface area contributed by atoms with E-state index in [1.807, 2.05) is 12.2 Å². The first kappa shape index (κ1) is 7.53. The first-order valence-corrected chi connectivity index (χ1v) is 4.33. The highest BCUT2D eigenvalue weighted by atomic mass is 16.1. The van der Waals surface area contributed by atoms with Crippen molar-refractivity contribution in [2.24, 2.45) is 5.41 Å². The van der Waals surface area contributed by atoms with Crippen LogP contribution in [0.3, 0.4) is 0 Å². The van der Waals surface area contributed by atoms with Crippen molar-refractivity contribution in [3.8, 4) is 0 Å². The van der Waals surface area contributed by atoms with E-state index in [2.05, 4.69) is 13.0 Å². The molecule has 0 aromatic rings. The minimum Gasteiger partial charge on any atom is -0.290 e. The molecule has 1 heteroatoms. The number of allylic oxidation sites excluding steroid dienone is 6. The van der Waals surface area contributed by atoms with Gasteiger partial charge in [-0.15, -0.1) is 0 Å². The van der Waals surface area contributed by atoms with Gasteiger partial charge < -0.3 is 0 Å². The van der Waals surface area contributed by atoms with Gasteiger partial charge in [0.15, 0.2) is 5.78 Å². The molecule has 0 saturated carbocycles. The number of hydrogen-bond acceptors (Lipinski definition) is 1. The number of carbonyl (C=O) groups excluding carboxylic acids is 1. The molecule has 2 aliphatic rings. The molecule has 0 amide bonds. The Balaban J connectivity index is 2.36. The van der Waals surface area contributed by atoms with E-state index in [4.69, 9.17) is 0 Å². The van der Waals surface area contributed by atoms with Gasteiger partial charge in [-0.05, 0) is 31.9 Å². The zero-order valence-corrected chi connectivity index (χ0v) is 7.21. The van der Waals surface area contributed by atoms with Crippen molar-refractivity contribution >= 4 is 5.78 Å².